The minimum Gasteiger partial charge on any atom is -0.360 e. The van der Waals surface area contributed by atoms with Gasteiger partial charge in [-0.05, 0) is 26.0 Å². The van der Waals surface area contributed by atoms with Crippen LogP contribution in [0.4, 0.5) is 0 Å². The Morgan fingerprint density at radius 2 is 2.00 bits per heavy atom. The van der Waals surface area contributed by atoms with Crippen molar-refractivity contribution in [3.63, 3.8) is 0 Å². The van der Waals surface area contributed by atoms with E-state index in [1.807, 2.05) is 11.8 Å². The third-order valence-corrected chi connectivity index (χ3v) is 4.26. The molecule has 1 saturated carbocycles. The molecule has 88 valence electrons. The molecular weight excluding hydrogens is 204 g/mol. The summed E-state index contributed by atoms with van der Waals surface area (Å²) in [6.45, 7) is 2.22. The Balaban J connectivity index is 2.43. The second-order valence-electron chi connectivity index (χ2n) is 4.64. The molecule has 2 nitrogen and oxygen atoms in total. The molecule has 1 aliphatic carbocycles. The van der Waals surface area contributed by atoms with E-state index in [9.17, 15) is 0 Å². The lowest BCUT2D eigenvalue weighted by atomic mass is 9.88. The molecule has 1 unspecified atom stereocenters. The lowest BCUT2D eigenvalue weighted by Crippen LogP contribution is -2.40. The van der Waals surface area contributed by atoms with Gasteiger partial charge in [-0.1, -0.05) is 19.3 Å². The highest BCUT2D eigenvalue weighted by molar-refractivity contribution is 7.98. The van der Waals surface area contributed by atoms with Crippen LogP contribution in [0.1, 0.15) is 39.0 Å². The maximum atomic E-state index is 8.21. The van der Waals surface area contributed by atoms with Crippen molar-refractivity contribution in [2.24, 2.45) is 5.92 Å². The Kier molecular flexibility index (Phi) is 5.51. The second-order valence-corrected chi connectivity index (χ2v) is 5.55. The van der Waals surface area contributed by atoms with Gasteiger partial charge in [-0.15, -0.1) is 0 Å². The van der Waals surface area contributed by atoms with E-state index in [0.717, 1.165) is 11.6 Å². The molecule has 0 bridgehead atoms. The summed E-state index contributed by atoms with van der Waals surface area (Å²) >= 11 is 1.86. The van der Waals surface area contributed by atoms with Crippen molar-refractivity contribution >= 4 is 17.6 Å². The predicted molar refractivity (Wildman–Crippen MR) is 69.9 cm³/mol. The van der Waals surface area contributed by atoms with Crippen molar-refractivity contribution in [3.05, 3.63) is 0 Å². The first kappa shape index (κ1) is 12.9. The molecule has 1 rings (SSSR count). The molecule has 0 spiro atoms. The van der Waals surface area contributed by atoms with Crippen LogP contribution < -0.4 is 0 Å². The van der Waals surface area contributed by atoms with Crippen LogP contribution in [0.5, 0.6) is 0 Å². The van der Waals surface area contributed by atoms with Crippen molar-refractivity contribution in [1.82, 2.24) is 4.90 Å². The maximum Gasteiger partial charge on any atom is 0.0989 e. The summed E-state index contributed by atoms with van der Waals surface area (Å²) in [6, 6.07) is 0.495. The Bertz CT molecular complexity index is 200. The third kappa shape index (κ3) is 3.71. The molecule has 0 aromatic carbocycles. The standard InChI is InChI=1S/C12H24N2S/c1-10(9-15-3)14(2)12(13)11-7-5-4-6-8-11/h10-11,13H,4-9H2,1-3H3. The SMILES string of the molecule is CSCC(C)N(C)C(=N)C1CCCCC1. The smallest absolute Gasteiger partial charge is 0.0989 e. The van der Waals surface area contributed by atoms with Crippen molar-refractivity contribution in [1.29, 1.82) is 5.41 Å². The third-order valence-electron chi connectivity index (χ3n) is 3.44. The lowest BCUT2D eigenvalue weighted by molar-refractivity contribution is 0.354. The van der Waals surface area contributed by atoms with Gasteiger partial charge in [0, 0.05) is 24.8 Å². The molecule has 3 heteroatoms. The molecule has 1 N–H and O–H groups in total. The molecule has 0 amide bonds. The van der Waals surface area contributed by atoms with Gasteiger partial charge in [0.15, 0.2) is 0 Å². The van der Waals surface area contributed by atoms with E-state index in [2.05, 4.69) is 25.1 Å². The Morgan fingerprint density at radius 1 is 1.40 bits per heavy atom. The van der Waals surface area contributed by atoms with Gasteiger partial charge in [-0.25, -0.2) is 0 Å². The highest BCUT2D eigenvalue weighted by atomic mass is 32.2. The lowest BCUT2D eigenvalue weighted by Gasteiger charge is -2.33. The van der Waals surface area contributed by atoms with E-state index in [-0.39, 0.29) is 0 Å². The quantitative estimate of drug-likeness (QED) is 0.591. The van der Waals surface area contributed by atoms with E-state index in [0.29, 0.717) is 12.0 Å². The fourth-order valence-corrected chi connectivity index (χ4v) is 2.96. The van der Waals surface area contributed by atoms with Gasteiger partial charge in [0.1, 0.15) is 0 Å². The van der Waals surface area contributed by atoms with Crippen LogP contribution in [0.3, 0.4) is 0 Å². The zero-order valence-corrected chi connectivity index (χ0v) is 11.1. The number of hydrogen-bond acceptors (Lipinski definition) is 2. The van der Waals surface area contributed by atoms with Crippen LogP contribution in [0.15, 0.2) is 0 Å². The highest BCUT2D eigenvalue weighted by Gasteiger charge is 2.22. The average molecular weight is 228 g/mol. The number of amidine groups is 1. The molecule has 1 aliphatic rings. The van der Waals surface area contributed by atoms with E-state index in [1.165, 1.54) is 32.1 Å². The second kappa shape index (κ2) is 6.41. The normalized spacial score (nSPS) is 19.9. The maximum absolute atomic E-state index is 8.21. The van der Waals surface area contributed by atoms with Gasteiger partial charge in [-0.2, -0.15) is 11.8 Å². The van der Waals surface area contributed by atoms with Gasteiger partial charge in [-0.3, -0.25) is 5.41 Å². The Labute approximate surface area is 98.3 Å². The van der Waals surface area contributed by atoms with Gasteiger partial charge in [0.05, 0.1) is 5.84 Å². The van der Waals surface area contributed by atoms with E-state index in [4.69, 9.17) is 5.41 Å². The molecule has 1 fully saturated rings. The van der Waals surface area contributed by atoms with Crippen LogP contribution in [-0.4, -0.2) is 35.8 Å². The first-order valence-electron chi connectivity index (χ1n) is 5.97. The first-order valence-corrected chi connectivity index (χ1v) is 7.36. The highest BCUT2D eigenvalue weighted by Crippen LogP contribution is 2.26. The molecular formula is C12H24N2S. The summed E-state index contributed by atoms with van der Waals surface area (Å²) in [5, 5.41) is 8.21. The largest absolute Gasteiger partial charge is 0.360 e. The zero-order chi connectivity index (χ0) is 11.3. The molecule has 1 atom stereocenters. The summed E-state index contributed by atoms with van der Waals surface area (Å²) in [7, 11) is 2.08. The monoisotopic (exact) mass is 228 g/mol. The first-order chi connectivity index (χ1) is 7.16. The van der Waals surface area contributed by atoms with Gasteiger partial charge < -0.3 is 4.90 Å². The van der Waals surface area contributed by atoms with Crippen molar-refractivity contribution in [2.75, 3.05) is 19.1 Å². The fourth-order valence-electron chi connectivity index (χ4n) is 2.25. The number of nitrogens with one attached hydrogen (secondary N) is 1. The summed E-state index contributed by atoms with van der Waals surface area (Å²) < 4.78 is 0. The summed E-state index contributed by atoms with van der Waals surface area (Å²) in [4.78, 5) is 2.17. The van der Waals surface area contributed by atoms with Gasteiger partial charge in [0.2, 0.25) is 0 Å². The van der Waals surface area contributed by atoms with Gasteiger partial charge >= 0.3 is 0 Å². The predicted octanol–water partition coefficient (Wildman–Crippen LogP) is 3.23. The Hall–Kier alpha value is -0.180. The van der Waals surface area contributed by atoms with Crippen LogP contribution in [0.2, 0.25) is 0 Å². The molecule has 0 aromatic rings. The molecule has 0 radical (unpaired) electrons. The summed E-state index contributed by atoms with van der Waals surface area (Å²) in [6.07, 6.45) is 8.60. The van der Waals surface area contributed by atoms with E-state index in [1.54, 1.807) is 0 Å². The van der Waals surface area contributed by atoms with Crippen molar-refractivity contribution < 1.29 is 0 Å². The topological polar surface area (TPSA) is 27.1 Å². The zero-order valence-electron chi connectivity index (χ0n) is 10.3. The molecule has 0 aromatic heterocycles. The molecule has 0 heterocycles. The van der Waals surface area contributed by atoms with Crippen LogP contribution >= 0.6 is 11.8 Å². The summed E-state index contributed by atoms with van der Waals surface area (Å²) in [5.41, 5.74) is 0. The van der Waals surface area contributed by atoms with Crippen LogP contribution in [0, 0.1) is 11.3 Å². The Morgan fingerprint density at radius 3 is 2.53 bits per heavy atom. The number of nitrogens with zero attached hydrogens (tertiary/aromatic N) is 1. The molecule has 0 saturated heterocycles. The molecule has 0 aliphatic heterocycles. The summed E-state index contributed by atoms with van der Waals surface area (Å²) in [5.74, 6) is 2.52. The number of thioether (sulfide) groups is 1. The van der Waals surface area contributed by atoms with Crippen molar-refractivity contribution in [3.8, 4) is 0 Å². The van der Waals surface area contributed by atoms with Crippen LogP contribution in [-0.2, 0) is 0 Å². The van der Waals surface area contributed by atoms with Gasteiger partial charge in [0.25, 0.3) is 0 Å². The van der Waals surface area contributed by atoms with E-state index < -0.39 is 0 Å². The minimum absolute atomic E-state index is 0.495. The number of hydrogen-bond donors (Lipinski definition) is 1. The van der Waals surface area contributed by atoms with E-state index >= 15 is 0 Å². The van der Waals surface area contributed by atoms with Crippen LogP contribution in [0.25, 0.3) is 0 Å². The minimum atomic E-state index is 0.495. The van der Waals surface area contributed by atoms with Crippen molar-refractivity contribution in [2.45, 2.75) is 45.1 Å². The molecule has 15 heavy (non-hydrogen) atoms. The fraction of sp³-hybridized carbons (Fsp3) is 0.917. The number of rotatable bonds is 4. The average Bonchev–Trinajstić information content (AvgIpc) is 2.28.